The van der Waals surface area contributed by atoms with Gasteiger partial charge in [-0.05, 0) is 12.1 Å². The first-order valence-electron chi connectivity index (χ1n) is 5.84. The summed E-state index contributed by atoms with van der Waals surface area (Å²) in [6.45, 7) is -3.00. The highest BCUT2D eigenvalue weighted by Gasteiger charge is 2.29. The summed E-state index contributed by atoms with van der Waals surface area (Å²) in [6, 6.07) is 5.78. The number of aliphatic imine (C=N–C) groups is 1. The maximum Gasteiger partial charge on any atom is 0.387 e. The standard InChI is InChI=1S/C12H11F2N3O3S/c13-11(14)20-7-4-2-1-3-6(7)16-9(18)5-8-10(19)17-12(15)21-8/h1-4,8,11H,5H2,(H,16,18)(H2,15,17,19). The molecule has 2 amide bonds. The average molecular weight is 315 g/mol. The van der Waals surface area contributed by atoms with Gasteiger partial charge >= 0.3 is 6.61 Å². The molecule has 1 aliphatic heterocycles. The van der Waals surface area contributed by atoms with Crippen LogP contribution in [0.1, 0.15) is 6.42 Å². The fourth-order valence-corrected chi connectivity index (χ4v) is 2.49. The van der Waals surface area contributed by atoms with Crippen molar-refractivity contribution in [1.29, 1.82) is 0 Å². The number of amides is 2. The van der Waals surface area contributed by atoms with E-state index in [0.29, 0.717) is 0 Å². The number of ether oxygens (including phenoxy) is 1. The third-order valence-corrected chi connectivity index (χ3v) is 3.49. The molecule has 0 aromatic heterocycles. The highest BCUT2D eigenvalue weighted by molar-refractivity contribution is 8.15. The molecule has 1 aromatic rings. The lowest BCUT2D eigenvalue weighted by Crippen LogP contribution is -2.22. The van der Waals surface area contributed by atoms with Gasteiger partial charge in [0.15, 0.2) is 5.17 Å². The maximum atomic E-state index is 12.2. The van der Waals surface area contributed by atoms with E-state index in [4.69, 9.17) is 5.73 Å². The molecule has 6 nitrogen and oxygen atoms in total. The normalized spacial score (nSPS) is 17.8. The van der Waals surface area contributed by atoms with Crippen molar-refractivity contribution >= 4 is 34.4 Å². The number of hydrogen-bond acceptors (Lipinski definition) is 5. The van der Waals surface area contributed by atoms with Crippen molar-refractivity contribution in [2.45, 2.75) is 18.3 Å². The molecule has 9 heteroatoms. The number of halogens is 2. The molecular weight excluding hydrogens is 304 g/mol. The lowest BCUT2D eigenvalue weighted by atomic mass is 10.2. The first-order chi connectivity index (χ1) is 9.95. The monoisotopic (exact) mass is 315 g/mol. The average Bonchev–Trinajstić information content (AvgIpc) is 2.69. The molecule has 1 aliphatic rings. The topological polar surface area (TPSA) is 93.8 Å². The second kappa shape index (κ2) is 6.53. The van der Waals surface area contributed by atoms with Crippen LogP contribution in [0.5, 0.6) is 5.75 Å². The first-order valence-corrected chi connectivity index (χ1v) is 6.72. The van der Waals surface area contributed by atoms with E-state index in [2.05, 4.69) is 15.0 Å². The number of amidine groups is 1. The van der Waals surface area contributed by atoms with Gasteiger partial charge in [0.05, 0.1) is 5.69 Å². The summed E-state index contributed by atoms with van der Waals surface area (Å²) in [5.41, 5.74) is 5.48. The molecule has 0 saturated carbocycles. The number of nitrogens with zero attached hydrogens (tertiary/aromatic N) is 1. The van der Waals surface area contributed by atoms with Crippen molar-refractivity contribution in [3.63, 3.8) is 0 Å². The number of nitrogens with two attached hydrogens (primary N) is 1. The largest absolute Gasteiger partial charge is 0.433 e. The van der Waals surface area contributed by atoms with Gasteiger partial charge in [-0.3, -0.25) is 9.59 Å². The summed E-state index contributed by atoms with van der Waals surface area (Å²) in [6.07, 6.45) is -0.156. The van der Waals surface area contributed by atoms with Gasteiger partial charge in [0.2, 0.25) is 5.91 Å². The second-order valence-electron chi connectivity index (χ2n) is 4.02. The Balaban J connectivity index is 1.99. The second-order valence-corrected chi connectivity index (χ2v) is 5.24. The zero-order chi connectivity index (χ0) is 15.4. The molecule has 2 rings (SSSR count). The van der Waals surface area contributed by atoms with Gasteiger partial charge < -0.3 is 15.8 Å². The predicted molar refractivity (Wildman–Crippen MR) is 74.3 cm³/mol. The fraction of sp³-hybridized carbons (Fsp3) is 0.250. The van der Waals surface area contributed by atoms with Crippen molar-refractivity contribution in [3.8, 4) is 5.75 Å². The van der Waals surface area contributed by atoms with Gasteiger partial charge in [-0.2, -0.15) is 13.8 Å². The van der Waals surface area contributed by atoms with E-state index in [-0.39, 0.29) is 23.0 Å². The Hall–Kier alpha value is -2.16. The molecule has 1 heterocycles. The van der Waals surface area contributed by atoms with E-state index in [0.717, 1.165) is 11.8 Å². The van der Waals surface area contributed by atoms with Crippen LogP contribution in [0, 0.1) is 0 Å². The van der Waals surface area contributed by atoms with E-state index >= 15 is 0 Å². The number of anilines is 1. The Bertz CT molecular complexity index is 595. The summed E-state index contributed by atoms with van der Waals surface area (Å²) < 4.78 is 28.8. The van der Waals surface area contributed by atoms with E-state index in [9.17, 15) is 18.4 Å². The van der Waals surface area contributed by atoms with Gasteiger partial charge in [0.1, 0.15) is 11.0 Å². The minimum Gasteiger partial charge on any atom is -0.433 e. The van der Waals surface area contributed by atoms with E-state index < -0.39 is 23.7 Å². The van der Waals surface area contributed by atoms with Crippen LogP contribution in [0.15, 0.2) is 29.3 Å². The summed E-state index contributed by atoms with van der Waals surface area (Å²) >= 11 is 0.994. The van der Waals surface area contributed by atoms with Crippen molar-refractivity contribution in [2.24, 2.45) is 10.7 Å². The minimum atomic E-state index is -3.00. The van der Waals surface area contributed by atoms with Crippen molar-refractivity contribution < 1.29 is 23.1 Å². The quantitative estimate of drug-likeness (QED) is 0.860. The molecule has 112 valence electrons. The van der Waals surface area contributed by atoms with Gasteiger partial charge in [-0.1, -0.05) is 23.9 Å². The zero-order valence-electron chi connectivity index (χ0n) is 10.6. The number of nitrogens with one attached hydrogen (secondary N) is 1. The number of rotatable bonds is 5. The number of carbonyl (C=O) groups is 2. The Morgan fingerprint density at radius 1 is 1.48 bits per heavy atom. The lowest BCUT2D eigenvalue weighted by molar-refractivity contribution is -0.121. The summed E-state index contributed by atoms with van der Waals surface area (Å²) in [7, 11) is 0. The predicted octanol–water partition coefficient (Wildman–Crippen LogP) is 1.57. The van der Waals surface area contributed by atoms with Gasteiger partial charge in [0.25, 0.3) is 5.91 Å². The molecule has 1 aromatic carbocycles. The molecular formula is C12H11F2N3O3S. The van der Waals surface area contributed by atoms with E-state index in [1.807, 2.05) is 0 Å². The van der Waals surface area contributed by atoms with Crippen LogP contribution >= 0.6 is 11.8 Å². The van der Waals surface area contributed by atoms with Crippen LogP contribution in [0.25, 0.3) is 0 Å². The Labute approximate surface area is 122 Å². The molecule has 0 saturated heterocycles. The van der Waals surface area contributed by atoms with E-state index in [1.165, 1.54) is 18.2 Å². The minimum absolute atomic E-state index is 0.104. The number of carbonyl (C=O) groups excluding carboxylic acids is 2. The molecule has 1 unspecified atom stereocenters. The zero-order valence-corrected chi connectivity index (χ0v) is 11.4. The number of thioether (sulfide) groups is 1. The van der Waals surface area contributed by atoms with Crippen LogP contribution in [-0.2, 0) is 9.59 Å². The maximum absolute atomic E-state index is 12.2. The van der Waals surface area contributed by atoms with Crippen LogP contribution in [-0.4, -0.2) is 28.8 Å². The summed E-state index contributed by atoms with van der Waals surface area (Å²) in [5, 5.41) is 1.85. The van der Waals surface area contributed by atoms with Gasteiger partial charge in [0, 0.05) is 6.42 Å². The van der Waals surface area contributed by atoms with Crippen molar-refractivity contribution in [3.05, 3.63) is 24.3 Å². The molecule has 1 atom stereocenters. The van der Waals surface area contributed by atoms with Gasteiger partial charge in [-0.15, -0.1) is 0 Å². The fourth-order valence-electron chi connectivity index (χ4n) is 1.67. The first kappa shape index (κ1) is 15.2. The highest BCUT2D eigenvalue weighted by Crippen LogP contribution is 2.27. The number of hydrogen-bond donors (Lipinski definition) is 2. The summed E-state index contributed by atoms with van der Waals surface area (Å²) in [4.78, 5) is 26.7. The van der Waals surface area contributed by atoms with Gasteiger partial charge in [-0.25, -0.2) is 0 Å². The highest BCUT2D eigenvalue weighted by atomic mass is 32.2. The Morgan fingerprint density at radius 3 is 2.81 bits per heavy atom. The van der Waals surface area contributed by atoms with Crippen molar-refractivity contribution in [2.75, 3.05) is 5.32 Å². The van der Waals surface area contributed by atoms with Crippen LogP contribution in [0.4, 0.5) is 14.5 Å². The summed E-state index contributed by atoms with van der Waals surface area (Å²) in [5.74, 6) is -1.15. The lowest BCUT2D eigenvalue weighted by Gasteiger charge is -2.12. The van der Waals surface area contributed by atoms with E-state index in [1.54, 1.807) is 6.07 Å². The van der Waals surface area contributed by atoms with Crippen molar-refractivity contribution in [1.82, 2.24) is 0 Å². The molecule has 0 aliphatic carbocycles. The number of alkyl halides is 2. The molecule has 0 radical (unpaired) electrons. The Morgan fingerprint density at radius 2 is 2.19 bits per heavy atom. The number of benzene rings is 1. The van der Waals surface area contributed by atoms with Crippen LogP contribution < -0.4 is 15.8 Å². The van der Waals surface area contributed by atoms with Crippen LogP contribution in [0.2, 0.25) is 0 Å². The van der Waals surface area contributed by atoms with Crippen LogP contribution in [0.3, 0.4) is 0 Å². The molecule has 3 N–H and O–H groups in total. The third-order valence-electron chi connectivity index (χ3n) is 2.51. The molecule has 0 spiro atoms. The molecule has 21 heavy (non-hydrogen) atoms. The number of para-hydroxylation sites is 2. The smallest absolute Gasteiger partial charge is 0.387 e. The molecule has 0 fully saturated rings. The SMILES string of the molecule is NC1=NC(=O)C(CC(=O)Nc2ccccc2OC(F)F)S1. The third kappa shape index (κ3) is 4.15. The molecule has 0 bridgehead atoms. The Kier molecular flexibility index (Phi) is 4.73.